The fourth-order valence-electron chi connectivity index (χ4n) is 1.06. The Bertz CT molecular complexity index is 132. The molecule has 0 atom stereocenters. The fourth-order valence-corrected chi connectivity index (χ4v) is 1.06. The topological polar surface area (TPSA) is 58.9 Å². The minimum atomic E-state index is -0.282. The summed E-state index contributed by atoms with van der Waals surface area (Å²) in [4.78, 5) is 0. The molecule has 4 nitrogen and oxygen atoms in total. The molecule has 4 heteroatoms. The molecular formula is C11H24O4. The molecule has 0 fully saturated rings. The van der Waals surface area contributed by atoms with E-state index >= 15 is 0 Å². The third-order valence-corrected chi connectivity index (χ3v) is 1.85. The number of ether oxygens (including phenoxy) is 2. The number of hydrogen-bond donors (Lipinski definition) is 2. The average Bonchev–Trinajstić information content (AvgIpc) is 2.14. The van der Waals surface area contributed by atoms with Crippen LogP contribution in [0.1, 0.15) is 33.6 Å². The summed E-state index contributed by atoms with van der Waals surface area (Å²) in [6.07, 6.45) is 0.960. The minimum absolute atomic E-state index is 0.0923. The Labute approximate surface area is 92.2 Å². The van der Waals surface area contributed by atoms with Crippen molar-refractivity contribution in [1.29, 1.82) is 0 Å². The lowest BCUT2D eigenvalue weighted by atomic mass is 9.96. The molecule has 0 saturated heterocycles. The third-order valence-electron chi connectivity index (χ3n) is 1.85. The van der Waals surface area contributed by atoms with Crippen molar-refractivity contribution in [2.45, 2.75) is 39.9 Å². The fraction of sp³-hybridized carbons (Fsp3) is 1.00. The molecule has 0 aliphatic carbocycles. The first kappa shape index (κ1) is 14.8. The van der Waals surface area contributed by atoms with Gasteiger partial charge in [0.2, 0.25) is 0 Å². The van der Waals surface area contributed by atoms with E-state index in [0.717, 1.165) is 0 Å². The highest BCUT2D eigenvalue weighted by atomic mass is 16.7. The quantitative estimate of drug-likeness (QED) is 0.476. The smallest absolute Gasteiger partial charge is 0.162 e. The van der Waals surface area contributed by atoms with E-state index in [-0.39, 0.29) is 24.9 Å². The van der Waals surface area contributed by atoms with Gasteiger partial charge in [0, 0.05) is 18.6 Å². The zero-order chi connectivity index (χ0) is 11.7. The van der Waals surface area contributed by atoms with Crippen LogP contribution in [0.15, 0.2) is 0 Å². The summed E-state index contributed by atoms with van der Waals surface area (Å²) in [7, 11) is 0. The van der Waals surface area contributed by atoms with Crippen molar-refractivity contribution in [3.05, 3.63) is 0 Å². The van der Waals surface area contributed by atoms with E-state index < -0.39 is 0 Å². The monoisotopic (exact) mass is 220 g/mol. The van der Waals surface area contributed by atoms with Gasteiger partial charge in [0.05, 0.1) is 13.2 Å². The Kier molecular flexibility index (Phi) is 7.96. The zero-order valence-electron chi connectivity index (χ0n) is 10.0. The predicted molar refractivity (Wildman–Crippen MR) is 58.6 cm³/mol. The normalized spacial score (nSPS) is 12.4. The molecule has 0 rings (SSSR count). The van der Waals surface area contributed by atoms with E-state index in [1.807, 2.05) is 20.8 Å². The number of hydrogen-bond acceptors (Lipinski definition) is 4. The maximum absolute atomic E-state index is 8.64. The van der Waals surface area contributed by atoms with E-state index in [1.165, 1.54) is 0 Å². The summed E-state index contributed by atoms with van der Waals surface area (Å²) >= 11 is 0. The standard InChI is InChI=1S/C11H24O4/c1-11(2,3)10(14-8-4-6-12)15-9-5-7-13/h10,12-13H,4-9H2,1-3H3. The van der Waals surface area contributed by atoms with E-state index in [2.05, 4.69) is 0 Å². The first-order valence-electron chi connectivity index (χ1n) is 5.47. The molecule has 0 saturated carbocycles. The van der Waals surface area contributed by atoms with Gasteiger partial charge in [-0.25, -0.2) is 0 Å². The van der Waals surface area contributed by atoms with Crippen molar-refractivity contribution in [3.63, 3.8) is 0 Å². The van der Waals surface area contributed by atoms with Crippen LogP contribution in [0.3, 0.4) is 0 Å². The molecule has 0 spiro atoms. The van der Waals surface area contributed by atoms with Crippen LogP contribution >= 0.6 is 0 Å². The summed E-state index contributed by atoms with van der Waals surface area (Å²) in [5.41, 5.74) is -0.0923. The molecule has 0 unspecified atom stereocenters. The van der Waals surface area contributed by atoms with Crippen LogP contribution in [0.2, 0.25) is 0 Å². The molecule has 15 heavy (non-hydrogen) atoms. The molecule has 0 aliphatic heterocycles. The molecule has 0 aromatic carbocycles. The van der Waals surface area contributed by atoms with E-state index in [9.17, 15) is 0 Å². The molecule has 0 aromatic rings. The highest BCUT2D eigenvalue weighted by Gasteiger charge is 2.25. The first-order valence-corrected chi connectivity index (χ1v) is 5.47. The molecule has 0 aliphatic rings. The lowest BCUT2D eigenvalue weighted by Gasteiger charge is -2.30. The van der Waals surface area contributed by atoms with Crippen LogP contribution in [0.25, 0.3) is 0 Å². The summed E-state index contributed by atoms with van der Waals surface area (Å²) in [5.74, 6) is 0. The molecule has 0 radical (unpaired) electrons. The first-order chi connectivity index (χ1) is 7.02. The van der Waals surface area contributed by atoms with Gasteiger partial charge >= 0.3 is 0 Å². The Morgan fingerprint density at radius 3 is 1.60 bits per heavy atom. The summed E-state index contributed by atoms with van der Waals surface area (Å²) < 4.78 is 11.1. The number of rotatable bonds is 8. The van der Waals surface area contributed by atoms with Crippen molar-refractivity contribution in [3.8, 4) is 0 Å². The van der Waals surface area contributed by atoms with Gasteiger partial charge in [-0.2, -0.15) is 0 Å². The van der Waals surface area contributed by atoms with Gasteiger partial charge in [-0.15, -0.1) is 0 Å². The average molecular weight is 220 g/mol. The summed E-state index contributed by atoms with van der Waals surface area (Å²) in [6.45, 7) is 7.37. The zero-order valence-corrected chi connectivity index (χ0v) is 10.0. The molecule has 92 valence electrons. The highest BCUT2D eigenvalue weighted by molar-refractivity contribution is 4.66. The van der Waals surface area contributed by atoms with Crippen LogP contribution < -0.4 is 0 Å². The highest BCUT2D eigenvalue weighted by Crippen LogP contribution is 2.23. The maximum atomic E-state index is 8.64. The van der Waals surface area contributed by atoms with Gasteiger partial charge < -0.3 is 19.7 Å². The van der Waals surface area contributed by atoms with Crippen LogP contribution in [-0.2, 0) is 9.47 Å². The van der Waals surface area contributed by atoms with E-state index in [4.69, 9.17) is 19.7 Å². The lowest BCUT2D eigenvalue weighted by molar-refractivity contribution is -0.196. The summed E-state index contributed by atoms with van der Waals surface area (Å²) in [6, 6.07) is 0. The second-order valence-corrected chi connectivity index (χ2v) is 4.59. The molecule has 0 amide bonds. The minimum Gasteiger partial charge on any atom is -0.396 e. The Morgan fingerprint density at radius 2 is 1.33 bits per heavy atom. The SMILES string of the molecule is CC(C)(C)C(OCCCO)OCCCO. The van der Waals surface area contributed by atoms with Gasteiger partial charge in [0.15, 0.2) is 6.29 Å². The maximum Gasteiger partial charge on any atom is 0.162 e. The van der Waals surface area contributed by atoms with Gasteiger partial charge in [0.25, 0.3) is 0 Å². The molecule has 0 heterocycles. The van der Waals surface area contributed by atoms with Crippen molar-refractivity contribution < 1.29 is 19.7 Å². The van der Waals surface area contributed by atoms with Crippen molar-refractivity contribution in [2.75, 3.05) is 26.4 Å². The molecule has 0 bridgehead atoms. The Morgan fingerprint density at radius 1 is 0.933 bits per heavy atom. The van der Waals surface area contributed by atoms with Crippen molar-refractivity contribution >= 4 is 0 Å². The number of aliphatic hydroxyl groups excluding tert-OH is 2. The summed E-state index contributed by atoms with van der Waals surface area (Å²) in [5, 5.41) is 17.3. The number of aliphatic hydroxyl groups is 2. The van der Waals surface area contributed by atoms with Crippen LogP contribution in [0, 0.1) is 5.41 Å². The predicted octanol–water partition coefficient (Wildman–Crippen LogP) is 1.16. The van der Waals surface area contributed by atoms with Crippen molar-refractivity contribution in [1.82, 2.24) is 0 Å². The second kappa shape index (κ2) is 8.05. The van der Waals surface area contributed by atoms with Crippen molar-refractivity contribution in [2.24, 2.45) is 5.41 Å². The van der Waals surface area contributed by atoms with E-state index in [1.54, 1.807) is 0 Å². The van der Waals surface area contributed by atoms with Gasteiger partial charge in [-0.3, -0.25) is 0 Å². The Hall–Kier alpha value is -0.160. The lowest BCUT2D eigenvalue weighted by Crippen LogP contribution is -2.33. The second-order valence-electron chi connectivity index (χ2n) is 4.59. The van der Waals surface area contributed by atoms with Crippen LogP contribution in [0.4, 0.5) is 0 Å². The van der Waals surface area contributed by atoms with Gasteiger partial charge in [0.1, 0.15) is 0 Å². The van der Waals surface area contributed by atoms with Crippen LogP contribution in [-0.4, -0.2) is 42.9 Å². The molecule has 0 aromatic heterocycles. The largest absolute Gasteiger partial charge is 0.396 e. The molecule has 2 N–H and O–H groups in total. The van der Waals surface area contributed by atoms with Gasteiger partial charge in [-0.1, -0.05) is 20.8 Å². The molecular weight excluding hydrogens is 196 g/mol. The van der Waals surface area contributed by atoms with Gasteiger partial charge in [-0.05, 0) is 12.8 Å². The van der Waals surface area contributed by atoms with E-state index in [0.29, 0.717) is 26.1 Å². The van der Waals surface area contributed by atoms with Crippen LogP contribution in [0.5, 0.6) is 0 Å². The third kappa shape index (κ3) is 7.73. The Balaban J connectivity index is 3.85.